The van der Waals surface area contributed by atoms with E-state index in [1.54, 1.807) is 0 Å². The lowest BCUT2D eigenvalue weighted by Crippen LogP contribution is -2.49. The molecule has 0 spiro atoms. The van der Waals surface area contributed by atoms with Gasteiger partial charge in [0.2, 0.25) is 0 Å². The fourth-order valence-corrected chi connectivity index (χ4v) is 5.38. The van der Waals surface area contributed by atoms with Crippen molar-refractivity contribution in [2.45, 2.75) is 173 Å². The van der Waals surface area contributed by atoms with Crippen LogP contribution in [-0.2, 0) is 0 Å². The molecule has 3 aliphatic rings. The van der Waals surface area contributed by atoms with Crippen molar-refractivity contribution in [2.24, 2.45) is 17.2 Å². The highest BCUT2D eigenvalue weighted by molar-refractivity contribution is 4.86. The lowest BCUT2D eigenvalue weighted by atomic mass is 9.90. The van der Waals surface area contributed by atoms with Crippen LogP contribution in [0.3, 0.4) is 0 Å². The number of rotatable bonds is 6. The summed E-state index contributed by atoms with van der Waals surface area (Å²) >= 11 is 0. The molecule has 0 aromatic carbocycles. The molecular formula is C27H60N6. The summed E-state index contributed by atoms with van der Waals surface area (Å²) in [6, 6.07) is 4.62. The summed E-state index contributed by atoms with van der Waals surface area (Å²) in [5.74, 6) is 0. The Morgan fingerprint density at radius 1 is 0.424 bits per heavy atom. The Hall–Kier alpha value is -0.240. The Bertz CT molecular complexity index is 403. The van der Waals surface area contributed by atoms with Crippen LogP contribution in [-0.4, -0.2) is 54.4 Å². The van der Waals surface area contributed by atoms with E-state index in [0.29, 0.717) is 54.4 Å². The maximum absolute atomic E-state index is 5.96. The number of nitrogens with two attached hydrogens (primary N) is 3. The summed E-state index contributed by atoms with van der Waals surface area (Å²) in [6.07, 6.45) is 15.4. The van der Waals surface area contributed by atoms with E-state index in [2.05, 4.69) is 57.5 Å². The van der Waals surface area contributed by atoms with Crippen LogP contribution in [0.5, 0.6) is 0 Å². The molecule has 6 atom stereocenters. The van der Waals surface area contributed by atoms with Gasteiger partial charge in [-0.2, -0.15) is 0 Å². The van der Waals surface area contributed by atoms with Gasteiger partial charge in [-0.05, 0) is 38.5 Å². The SMILES string of the molecule is CC(C)NC1CCCCC1N.CC(C)N[C@H]1CCCC[C@@H]1N.CC(C)N[C@H]1CCCC[C@H]1N. The molecule has 0 radical (unpaired) electrons. The molecule has 6 heteroatoms. The molecule has 3 fully saturated rings. The molecule has 198 valence electrons. The second-order valence-corrected chi connectivity index (χ2v) is 11.6. The second-order valence-electron chi connectivity index (χ2n) is 11.6. The standard InChI is InChI=1S/3C9H20N2/c3*1-7(2)11-9-6-4-3-5-8(9)10/h3*7-9,11H,3-6,10H2,1-2H3/t8-,9+;8-,9-;/m10./s1. The molecule has 3 rings (SSSR count). The Kier molecular flexibility index (Phi) is 16.1. The topological polar surface area (TPSA) is 114 Å². The van der Waals surface area contributed by atoms with Gasteiger partial charge in [-0.25, -0.2) is 0 Å². The van der Waals surface area contributed by atoms with Gasteiger partial charge < -0.3 is 33.2 Å². The lowest BCUT2D eigenvalue weighted by Gasteiger charge is -2.30. The molecule has 2 unspecified atom stereocenters. The van der Waals surface area contributed by atoms with Crippen LogP contribution < -0.4 is 33.2 Å². The smallest absolute Gasteiger partial charge is 0.0221 e. The maximum atomic E-state index is 5.96. The molecule has 0 aromatic heterocycles. The molecule has 33 heavy (non-hydrogen) atoms. The molecular weight excluding hydrogens is 408 g/mol. The minimum Gasteiger partial charge on any atom is -0.326 e. The third-order valence-corrected chi connectivity index (χ3v) is 7.10. The van der Waals surface area contributed by atoms with Crippen molar-refractivity contribution in [1.82, 2.24) is 16.0 Å². The Morgan fingerprint density at radius 2 is 0.636 bits per heavy atom. The Labute approximate surface area is 206 Å². The van der Waals surface area contributed by atoms with Crippen molar-refractivity contribution in [1.29, 1.82) is 0 Å². The van der Waals surface area contributed by atoms with Gasteiger partial charge in [-0.3, -0.25) is 0 Å². The van der Waals surface area contributed by atoms with Crippen LogP contribution in [0.25, 0.3) is 0 Å². The zero-order chi connectivity index (χ0) is 24.8. The van der Waals surface area contributed by atoms with Gasteiger partial charge in [0.25, 0.3) is 0 Å². The van der Waals surface area contributed by atoms with Gasteiger partial charge in [-0.15, -0.1) is 0 Å². The summed E-state index contributed by atoms with van der Waals surface area (Å²) in [5.41, 5.74) is 17.9. The Balaban J connectivity index is 0.000000247. The number of hydrogen-bond acceptors (Lipinski definition) is 6. The van der Waals surface area contributed by atoms with E-state index in [4.69, 9.17) is 17.2 Å². The summed E-state index contributed by atoms with van der Waals surface area (Å²) in [7, 11) is 0. The maximum Gasteiger partial charge on any atom is 0.0221 e. The first-order valence-corrected chi connectivity index (χ1v) is 14.1. The zero-order valence-corrected chi connectivity index (χ0v) is 22.9. The van der Waals surface area contributed by atoms with E-state index in [1.807, 2.05) is 0 Å². The van der Waals surface area contributed by atoms with Gasteiger partial charge in [0.15, 0.2) is 0 Å². The van der Waals surface area contributed by atoms with E-state index < -0.39 is 0 Å². The normalized spacial score (nSPS) is 32.7. The third-order valence-electron chi connectivity index (χ3n) is 7.10. The molecule has 0 saturated heterocycles. The van der Waals surface area contributed by atoms with Crippen LogP contribution >= 0.6 is 0 Å². The van der Waals surface area contributed by atoms with E-state index in [0.717, 1.165) is 0 Å². The zero-order valence-electron chi connectivity index (χ0n) is 22.9. The quantitative estimate of drug-likeness (QED) is 0.354. The summed E-state index contributed by atoms with van der Waals surface area (Å²) in [6.45, 7) is 13.1. The van der Waals surface area contributed by atoms with Gasteiger partial charge in [-0.1, -0.05) is 80.1 Å². The van der Waals surface area contributed by atoms with Crippen molar-refractivity contribution in [2.75, 3.05) is 0 Å². The van der Waals surface area contributed by atoms with Crippen molar-refractivity contribution >= 4 is 0 Å². The van der Waals surface area contributed by atoms with Gasteiger partial charge in [0.1, 0.15) is 0 Å². The lowest BCUT2D eigenvalue weighted by molar-refractivity contribution is 0.311. The Morgan fingerprint density at radius 3 is 0.818 bits per heavy atom. The van der Waals surface area contributed by atoms with Crippen LogP contribution in [0, 0.1) is 0 Å². The van der Waals surface area contributed by atoms with E-state index in [9.17, 15) is 0 Å². The van der Waals surface area contributed by atoms with Gasteiger partial charge in [0.05, 0.1) is 0 Å². The first-order valence-electron chi connectivity index (χ1n) is 14.1. The predicted molar refractivity (Wildman–Crippen MR) is 146 cm³/mol. The van der Waals surface area contributed by atoms with Crippen LogP contribution in [0.15, 0.2) is 0 Å². The van der Waals surface area contributed by atoms with Gasteiger partial charge >= 0.3 is 0 Å². The molecule has 0 bridgehead atoms. The molecule has 0 aromatic rings. The van der Waals surface area contributed by atoms with Crippen LogP contribution in [0.2, 0.25) is 0 Å². The minimum absolute atomic E-state index is 0.395. The van der Waals surface area contributed by atoms with Crippen LogP contribution in [0.1, 0.15) is 119 Å². The first-order chi connectivity index (χ1) is 15.6. The second kappa shape index (κ2) is 17.2. The molecule has 9 N–H and O–H groups in total. The minimum atomic E-state index is 0.395. The predicted octanol–water partition coefficient (Wildman–Crippen LogP) is 3.76. The van der Waals surface area contributed by atoms with Crippen LogP contribution in [0.4, 0.5) is 0 Å². The summed E-state index contributed by atoms with van der Waals surface area (Å²) < 4.78 is 0. The molecule has 6 nitrogen and oxygen atoms in total. The summed E-state index contributed by atoms with van der Waals surface area (Å²) in [5, 5.41) is 10.5. The van der Waals surface area contributed by atoms with E-state index in [1.165, 1.54) is 77.0 Å². The third kappa shape index (κ3) is 14.0. The monoisotopic (exact) mass is 468 g/mol. The number of nitrogens with one attached hydrogen (secondary N) is 3. The highest BCUT2D eigenvalue weighted by Gasteiger charge is 2.23. The van der Waals surface area contributed by atoms with Crippen molar-refractivity contribution < 1.29 is 0 Å². The average Bonchev–Trinajstić information content (AvgIpc) is 2.73. The average molecular weight is 469 g/mol. The largest absolute Gasteiger partial charge is 0.326 e. The van der Waals surface area contributed by atoms with Crippen molar-refractivity contribution in [3.05, 3.63) is 0 Å². The van der Waals surface area contributed by atoms with Crippen molar-refractivity contribution in [3.8, 4) is 0 Å². The fourth-order valence-electron chi connectivity index (χ4n) is 5.38. The first kappa shape index (κ1) is 30.8. The molecule has 0 amide bonds. The molecule has 3 aliphatic carbocycles. The highest BCUT2D eigenvalue weighted by Crippen LogP contribution is 2.18. The van der Waals surface area contributed by atoms with Gasteiger partial charge in [0, 0.05) is 54.4 Å². The van der Waals surface area contributed by atoms with Crippen molar-refractivity contribution in [3.63, 3.8) is 0 Å². The number of hydrogen-bond donors (Lipinski definition) is 6. The fraction of sp³-hybridized carbons (Fsp3) is 1.00. The van der Waals surface area contributed by atoms with E-state index in [-0.39, 0.29) is 0 Å². The highest BCUT2D eigenvalue weighted by atomic mass is 15.0. The molecule has 3 saturated carbocycles. The summed E-state index contributed by atoms with van der Waals surface area (Å²) in [4.78, 5) is 0. The van der Waals surface area contributed by atoms with E-state index >= 15 is 0 Å². The molecule has 0 heterocycles. The molecule has 0 aliphatic heterocycles.